The second-order valence-electron chi connectivity index (χ2n) is 3.56. The number of ether oxygens (including phenoxy) is 1. The van der Waals surface area contributed by atoms with Gasteiger partial charge in [0.15, 0.2) is 0 Å². The van der Waals surface area contributed by atoms with Crippen LogP contribution in [-0.2, 0) is 11.3 Å². The van der Waals surface area contributed by atoms with Gasteiger partial charge in [0.25, 0.3) is 0 Å². The minimum atomic E-state index is 0.201. The molecule has 0 aromatic heterocycles. The Bertz CT molecular complexity index is 282. The van der Waals surface area contributed by atoms with Gasteiger partial charge >= 0.3 is 0 Å². The standard InChI is InChI=1S/C12H18O2/c1-10-4-5-12(11(2)8-10)9-14-7-3-6-13/h4-5,8,13H,3,6-7,9H2,1-2H3. The van der Waals surface area contributed by atoms with Gasteiger partial charge in [-0.1, -0.05) is 23.8 Å². The quantitative estimate of drug-likeness (QED) is 0.728. The van der Waals surface area contributed by atoms with Gasteiger partial charge in [0.2, 0.25) is 0 Å². The first-order chi connectivity index (χ1) is 6.74. The normalized spacial score (nSPS) is 10.5. The van der Waals surface area contributed by atoms with E-state index >= 15 is 0 Å². The summed E-state index contributed by atoms with van der Waals surface area (Å²) < 4.78 is 5.42. The van der Waals surface area contributed by atoms with Gasteiger partial charge in [-0.3, -0.25) is 0 Å². The number of benzene rings is 1. The van der Waals surface area contributed by atoms with Crippen molar-refractivity contribution in [1.82, 2.24) is 0 Å². The van der Waals surface area contributed by atoms with Crippen molar-refractivity contribution in [1.29, 1.82) is 0 Å². The Morgan fingerprint density at radius 3 is 2.71 bits per heavy atom. The van der Waals surface area contributed by atoms with Crippen LogP contribution in [0.3, 0.4) is 0 Å². The molecule has 0 radical (unpaired) electrons. The lowest BCUT2D eigenvalue weighted by atomic mass is 10.1. The van der Waals surface area contributed by atoms with Gasteiger partial charge in [-0.2, -0.15) is 0 Å². The maximum absolute atomic E-state index is 8.57. The lowest BCUT2D eigenvalue weighted by Crippen LogP contribution is -1.99. The van der Waals surface area contributed by atoms with E-state index in [1.165, 1.54) is 16.7 Å². The lowest BCUT2D eigenvalue weighted by Gasteiger charge is -2.07. The Hall–Kier alpha value is -0.860. The number of hydrogen-bond donors (Lipinski definition) is 1. The summed E-state index contributed by atoms with van der Waals surface area (Å²) in [6.07, 6.45) is 0.713. The number of hydrogen-bond acceptors (Lipinski definition) is 2. The van der Waals surface area contributed by atoms with Crippen LogP contribution in [0.5, 0.6) is 0 Å². The highest BCUT2D eigenvalue weighted by molar-refractivity contribution is 5.29. The minimum absolute atomic E-state index is 0.201. The van der Waals surface area contributed by atoms with E-state index in [1.807, 2.05) is 0 Å². The third-order valence-electron chi connectivity index (χ3n) is 2.20. The molecule has 0 aliphatic carbocycles. The highest BCUT2D eigenvalue weighted by Gasteiger charge is 1.98. The first-order valence-corrected chi connectivity index (χ1v) is 4.99. The molecule has 0 atom stereocenters. The third kappa shape index (κ3) is 3.48. The van der Waals surface area contributed by atoms with E-state index in [2.05, 4.69) is 32.0 Å². The van der Waals surface area contributed by atoms with Crippen molar-refractivity contribution in [3.63, 3.8) is 0 Å². The van der Waals surface area contributed by atoms with Crippen LogP contribution in [-0.4, -0.2) is 18.3 Å². The fraction of sp³-hybridized carbons (Fsp3) is 0.500. The molecule has 1 aromatic rings. The summed E-state index contributed by atoms with van der Waals surface area (Å²) in [5.41, 5.74) is 3.78. The summed E-state index contributed by atoms with van der Waals surface area (Å²) >= 11 is 0. The first-order valence-electron chi connectivity index (χ1n) is 4.99. The van der Waals surface area contributed by atoms with Crippen molar-refractivity contribution in [2.45, 2.75) is 26.9 Å². The van der Waals surface area contributed by atoms with Gasteiger partial charge in [-0.25, -0.2) is 0 Å². The van der Waals surface area contributed by atoms with E-state index < -0.39 is 0 Å². The Morgan fingerprint density at radius 1 is 1.29 bits per heavy atom. The number of aliphatic hydroxyl groups excluding tert-OH is 1. The Balaban J connectivity index is 2.42. The van der Waals surface area contributed by atoms with E-state index in [0.29, 0.717) is 19.6 Å². The summed E-state index contributed by atoms with van der Waals surface area (Å²) in [6.45, 7) is 5.66. The molecule has 0 fully saturated rings. The summed E-state index contributed by atoms with van der Waals surface area (Å²) in [7, 11) is 0. The summed E-state index contributed by atoms with van der Waals surface area (Å²) in [4.78, 5) is 0. The molecule has 2 heteroatoms. The molecule has 0 saturated carbocycles. The van der Waals surface area contributed by atoms with Crippen LogP contribution in [0.25, 0.3) is 0 Å². The van der Waals surface area contributed by atoms with Gasteiger partial charge in [-0.15, -0.1) is 0 Å². The average Bonchev–Trinajstić information content (AvgIpc) is 2.15. The maximum Gasteiger partial charge on any atom is 0.0719 e. The van der Waals surface area contributed by atoms with Crippen LogP contribution < -0.4 is 0 Å². The molecule has 0 aliphatic rings. The highest BCUT2D eigenvalue weighted by atomic mass is 16.5. The summed E-state index contributed by atoms with van der Waals surface area (Å²) in [5.74, 6) is 0. The van der Waals surface area contributed by atoms with E-state index in [1.54, 1.807) is 0 Å². The molecule has 1 aromatic carbocycles. The van der Waals surface area contributed by atoms with E-state index in [0.717, 1.165) is 0 Å². The molecule has 0 heterocycles. The molecule has 78 valence electrons. The minimum Gasteiger partial charge on any atom is -0.396 e. The highest BCUT2D eigenvalue weighted by Crippen LogP contribution is 2.11. The second kappa shape index (κ2) is 5.78. The average molecular weight is 194 g/mol. The Morgan fingerprint density at radius 2 is 2.07 bits per heavy atom. The van der Waals surface area contributed by atoms with Crippen LogP contribution in [0.4, 0.5) is 0 Å². The van der Waals surface area contributed by atoms with Crippen molar-refractivity contribution < 1.29 is 9.84 Å². The van der Waals surface area contributed by atoms with E-state index in [4.69, 9.17) is 9.84 Å². The molecule has 0 saturated heterocycles. The van der Waals surface area contributed by atoms with Gasteiger partial charge < -0.3 is 9.84 Å². The maximum atomic E-state index is 8.57. The molecule has 0 amide bonds. The third-order valence-corrected chi connectivity index (χ3v) is 2.20. The van der Waals surface area contributed by atoms with Crippen molar-refractivity contribution in [2.24, 2.45) is 0 Å². The topological polar surface area (TPSA) is 29.5 Å². The first kappa shape index (κ1) is 11.2. The predicted octanol–water partition coefficient (Wildman–Crippen LogP) is 2.20. The Labute approximate surface area is 85.5 Å². The molecule has 0 spiro atoms. The molecule has 2 nitrogen and oxygen atoms in total. The second-order valence-corrected chi connectivity index (χ2v) is 3.56. The number of aryl methyl sites for hydroxylation is 2. The molecule has 14 heavy (non-hydrogen) atoms. The van der Waals surface area contributed by atoms with Gasteiger partial charge in [-0.05, 0) is 31.4 Å². The van der Waals surface area contributed by atoms with Crippen molar-refractivity contribution >= 4 is 0 Å². The van der Waals surface area contributed by atoms with E-state index in [9.17, 15) is 0 Å². The SMILES string of the molecule is Cc1ccc(COCCCO)c(C)c1. The van der Waals surface area contributed by atoms with Crippen molar-refractivity contribution in [2.75, 3.05) is 13.2 Å². The molecule has 1 N–H and O–H groups in total. The molecule has 0 aliphatic heterocycles. The summed E-state index contributed by atoms with van der Waals surface area (Å²) in [5, 5.41) is 8.57. The van der Waals surface area contributed by atoms with Gasteiger partial charge in [0, 0.05) is 13.2 Å². The zero-order valence-electron chi connectivity index (χ0n) is 8.92. The molecular formula is C12H18O2. The molecule has 0 unspecified atom stereocenters. The molecular weight excluding hydrogens is 176 g/mol. The largest absolute Gasteiger partial charge is 0.396 e. The zero-order chi connectivity index (χ0) is 10.4. The predicted molar refractivity (Wildman–Crippen MR) is 57.3 cm³/mol. The fourth-order valence-electron chi connectivity index (χ4n) is 1.36. The lowest BCUT2D eigenvalue weighted by molar-refractivity contribution is 0.104. The van der Waals surface area contributed by atoms with Crippen molar-refractivity contribution in [3.05, 3.63) is 34.9 Å². The van der Waals surface area contributed by atoms with Crippen molar-refractivity contribution in [3.8, 4) is 0 Å². The molecule has 0 bridgehead atoms. The smallest absolute Gasteiger partial charge is 0.0719 e. The van der Waals surface area contributed by atoms with Crippen LogP contribution in [0, 0.1) is 13.8 Å². The van der Waals surface area contributed by atoms with Crippen LogP contribution in [0.1, 0.15) is 23.1 Å². The van der Waals surface area contributed by atoms with E-state index in [-0.39, 0.29) is 6.61 Å². The van der Waals surface area contributed by atoms with Gasteiger partial charge in [0.1, 0.15) is 0 Å². The fourth-order valence-corrected chi connectivity index (χ4v) is 1.36. The monoisotopic (exact) mass is 194 g/mol. The van der Waals surface area contributed by atoms with Crippen LogP contribution >= 0.6 is 0 Å². The van der Waals surface area contributed by atoms with Crippen LogP contribution in [0.2, 0.25) is 0 Å². The van der Waals surface area contributed by atoms with Crippen LogP contribution in [0.15, 0.2) is 18.2 Å². The number of aliphatic hydroxyl groups is 1. The van der Waals surface area contributed by atoms with Gasteiger partial charge in [0.05, 0.1) is 6.61 Å². The Kier molecular flexibility index (Phi) is 4.63. The molecule has 1 rings (SSSR count). The number of rotatable bonds is 5. The zero-order valence-corrected chi connectivity index (χ0v) is 8.92. The summed E-state index contributed by atoms with van der Waals surface area (Å²) in [6, 6.07) is 6.35.